The first-order valence-corrected chi connectivity index (χ1v) is 13.5. The van der Waals surface area contributed by atoms with Crippen LogP contribution in [0.25, 0.3) is 0 Å². The molecule has 3 N–H and O–H groups in total. The Morgan fingerprint density at radius 3 is 2.44 bits per heavy atom. The minimum Gasteiger partial charge on any atom is -0.356 e. The molecule has 10 heteroatoms. The zero-order valence-corrected chi connectivity index (χ0v) is 20.1. The molecule has 4 rings (SSSR count). The average molecular weight is 499 g/mol. The van der Waals surface area contributed by atoms with E-state index in [-0.39, 0.29) is 16.5 Å². The largest absolute Gasteiger partial charge is 0.356 e. The van der Waals surface area contributed by atoms with Gasteiger partial charge in [0.1, 0.15) is 10.6 Å². The summed E-state index contributed by atoms with van der Waals surface area (Å²) in [7, 11) is -3.66. The summed E-state index contributed by atoms with van der Waals surface area (Å²) in [6.07, 6.45) is 2.02. The molecule has 0 spiro atoms. The molecule has 0 atom stereocenters. The summed E-state index contributed by atoms with van der Waals surface area (Å²) in [4.78, 5) is 28.3. The summed E-state index contributed by atoms with van der Waals surface area (Å²) in [6.45, 7) is 1.36. The first-order valence-electron chi connectivity index (χ1n) is 10.9. The SMILES string of the molecule is O=C(Nc1ccccc1C(=O)NCCc1ccccc1)c1cc(S(=O)(=O)N2CCSCC2)c[nH]1. The van der Waals surface area contributed by atoms with E-state index in [1.54, 1.807) is 36.0 Å². The van der Waals surface area contributed by atoms with Gasteiger partial charge in [-0.3, -0.25) is 9.59 Å². The van der Waals surface area contributed by atoms with Gasteiger partial charge in [-0.1, -0.05) is 42.5 Å². The predicted octanol–water partition coefficient (Wildman–Crippen LogP) is 2.98. The summed E-state index contributed by atoms with van der Waals surface area (Å²) in [5.74, 6) is 0.673. The zero-order chi connectivity index (χ0) is 24.0. The molecule has 1 aliphatic rings. The van der Waals surface area contributed by atoms with Crippen molar-refractivity contribution in [3.63, 3.8) is 0 Å². The van der Waals surface area contributed by atoms with Crippen LogP contribution in [0.15, 0.2) is 71.8 Å². The molecule has 2 heterocycles. The zero-order valence-electron chi connectivity index (χ0n) is 18.5. The molecular formula is C24H26N4O4S2. The number of carbonyl (C=O) groups excluding carboxylic acids is 2. The number of para-hydroxylation sites is 1. The van der Waals surface area contributed by atoms with Crippen molar-refractivity contribution in [3.8, 4) is 0 Å². The molecule has 1 fully saturated rings. The molecule has 0 unspecified atom stereocenters. The maximum absolute atomic E-state index is 12.8. The smallest absolute Gasteiger partial charge is 0.272 e. The second kappa shape index (κ2) is 10.9. The van der Waals surface area contributed by atoms with Gasteiger partial charge >= 0.3 is 0 Å². The van der Waals surface area contributed by atoms with Crippen molar-refractivity contribution in [1.82, 2.24) is 14.6 Å². The number of sulfonamides is 1. The lowest BCUT2D eigenvalue weighted by Gasteiger charge is -2.24. The average Bonchev–Trinajstić information content (AvgIpc) is 3.37. The number of nitrogens with zero attached hydrogens (tertiary/aromatic N) is 1. The standard InChI is InChI=1S/C24H26N4O4S2/c29-23(25-11-10-18-6-2-1-3-7-18)20-8-4-5-9-21(20)27-24(30)22-16-19(17-26-22)34(31,32)28-12-14-33-15-13-28/h1-9,16-17,26H,10-15H2,(H,25,29)(H,27,30). The number of H-pyrrole nitrogens is 1. The van der Waals surface area contributed by atoms with Crippen LogP contribution in [-0.2, 0) is 16.4 Å². The minimum absolute atomic E-state index is 0.0523. The van der Waals surface area contributed by atoms with Crippen molar-refractivity contribution in [1.29, 1.82) is 0 Å². The number of rotatable bonds is 8. The third-order valence-corrected chi connectivity index (χ3v) is 8.29. The van der Waals surface area contributed by atoms with E-state index in [2.05, 4.69) is 15.6 Å². The van der Waals surface area contributed by atoms with Gasteiger partial charge in [-0.05, 0) is 30.2 Å². The molecule has 0 saturated carbocycles. The van der Waals surface area contributed by atoms with Gasteiger partial charge < -0.3 is 15.6 Å². The fourth-order valence-corrected chi connectivity index (χ4v) is 6.20. The number of hydrogen-bond donors (Lipinski definition) is 3. The lowest BCUT2D eigenvalue weighted by molar-refractivity contribution is 0.0955. The summed E-state index contributed by atoms with van der Waals surface area (Å²) in [5.41, 5.74) is 1.89. The monoisotopic (exact) mass is 498 g/mol. The predicted molar refractivity (Wildman–Crippen MR) is 134 cm³/mol. The van der Waals surface area contributed by atoms with Crippen LogP contribution >= 0.6 is 11.8 Å². The number of amides is 2. The molecule has 1 aromatic heterocycles. The maximum Gasteiger partial charge on any atom is 0.272 e. The summed E-state index contributed by atoms with van der Waals surface area (Å²) >= 11 is 1.72. The van der Waals surface area contributed by atoms with E-state index in [0.717, 1.165) is 17.1 Å². The number of aromatic amines is 1. The second-order valence-corrected chi connectivity index (χ2v) is 10.9. The van der Waals surface area contributed by atoms with Gasteiger partial charge in [-0.25, -0.2) is 8.42 Å². The highest BCUT2D eigenvalue weighted by Crippen LogP contribution is 2.22. The van der Waals surface area contributed by atoms with Crippen LogP contribution in [-0.4, -0.2) is 60.7 Å². The van der Waals surface area contributed by atoms with Crippen LogP contribution in [0.1, 0.15) is 26.4 Å². The fraction of sp³-hybridized carbons (Fsp3) is 0.250. The number of carbonyl (C=O) groups is 2. The van der Waals surface area contributed by atoms with Gasteiger partial charge in [-0.2, -0.15) is 16.1 Å². The van der Waals surface area contributed by atoms with E-state index in [1.807, 2.05) is 30.3 Å². The van der Waals surface area contributed by atoms with E-state index in [4.69, 9.17) is 0 Å². The van der Waals surface area contributed by atoms with Crippen LogP contribution in [0.4, 0.5) is 5.69 Å². The van der Waals surface area contributed by atoms with E-state index in [9.17, 15) is 18.0 Å². The van der Waals surface area contributed by atoms with Gasteiger partial charge in [0.15, 0.2) is 0 Å². The van der Waals surface area contributed by atoms with E-state index in [0.29, 0.717) is 37.3 Å². The number of hydrogen-bond acceptors (Lipinski definition) is 5. The molecule has 1 saturated heterocycles. The third kappa shape index (κ3) is 5.69. The lowest BCUT2D eigenvalue weighted by Crippen LogP contribution is -2.37. The molecule has 2 amide bonds. The van der Waals surface area contributed by atoms with E-state index >= 15 is 0 Å². The topological polar surface area (TPSA) is 111 Å². The van der Waals surface area contributed by atoms with E-state index in [1.165, 1.54) is 16.6 Å². The minimum atomic E-state index is -3.66. The molecule has 2 aromatic carbocycles. The van der Waals surface area contributed by atoms with Gasteiger partial charge in [0.2, 0.25) is 10.0 Å². The first-order chi connectivity index (χ1) is 16.4. The molecule has 34 heavy (non-hydrogen) atoms. The summed E-state index contributed by atoms with van der Waals surface area (Å²) in [6, 6.07) is 17.9. The Hall–Kier alpha value is -3.08. The number of anilines is 1. The molecular weight excluding hydrogens is 472 g/mol. The number of nitrogens with one attached hydrogen (secondary N) is 3. The van der Waals surface area contributed by atoms with Crippen LogP contribution in [0.2, 0.25) is 0 Å². The third-order valence-electron chi connectivity index (χ3n) is 5.47. The number of thioether (sulfide) groups is 1. The van der Waals surface area contributed by atoms with Crippen molar-refractivity contribution >= 4 is 39.3 Å². The molecule has 0 bridgehead atoms. The van der Waals surface area contributed by atoms with Gasteiger partial charge in [0, 0.05) is 37.3 Å². The highest BCUT2D eigenvalue weighted by molar-refractivity contribution is 7.99. The lowest BCUT2D eigenvalue weighted by atomic mass is 10.1. The highest BCUT2D eigenvalue weighted by Gasteiger charge is 2.28. The van der Waals surface area contributed by atoms with Crippen molar-refractivity contribution in [3.05, 3.63) is 83.7 Å². The van der Waals surface area contributed by atoms with Crippen LogP contribution < -0.4 is 10.6 Å². The van der Waals surface area contributed by atoms with Crippen LogP contribution in [0.5, 0.6) is 0 Å². The molecule has 178 valence electrons. The molecule has 3 aromatic rings. The number of benzene rings is 2. The Kier molecular flexibility index (Phi) is 7.71. The first kappa shape index (κ1) is 24.1. The highest BCUT2D eigenvalue weighted by atomic mass is 32.2. The Morgan fingerprint density at radius 1 is 0.971 bits per heavy atom. The van der Waals surface area contributed by atoms with Crippen molar-refractivity contribution in [2.24, 2.45) is 0 Å². The van der Waals surface area contributed by atoms with Gasteiger partial charge in [0.05, 0.1) is 11.3 Å². The Morgan fingerprint density at radius 2 is 1.68 bits per heavy atom. The van der Waals surface area contributed by atoms with Crippen LogP contribution in [0, 0.1) is 0 Å². The second-order valence-electron chi connectivity index (χ2n) is 7.76. The summed E-state index contributed by atoms with van der Waals surface area (Å²) < 4.78 is 27.1. The maximum atomic E-state index is 12.8. The quantitative estimate of drug-likeness (QED) is 0.442. The van der Waals surface area contributed by atoms with Crippen molar-refractivity contribution < 1.29 is 18.0 Å². The van der Waals surface area contributed by atoms with Crippen molar-refractivity contribution in [2.45, 2.75) is 11.3 Å². The Labute approximate surface area is 203 Å². The number of aromatic nitrogens is 1. The Balaban J connectivity index is 1.41. The molecule has 0 aliphatic carbocycles. The molecule has 8 nitrogen and oxygen atoms in total. The summed E-state index contributed by atoms with van der Waals surface area (Å²) in [5, 5.41) is 5.59. The van der Waals surface area contributed by atoms with Crippen molar-refractivity contribution in [2.75, 3.05) is 36.5 Å². The van der Waals surface area contributed by atoms with Crippen LogP contribution in [0.3, 0.4) is 0 Å². The van der Waals surface area contributed by atoms with Gasteiger partial charge in [-0.15, -0.1) is 0 Å². The van der Waals surface area contributed by atoms with E-state index < -0.39 is 15.9 Å². The molecule has 0 radical (unpaired) electrons. The normalized spacial score (nSPS) is 14.5. The molecule has 1 aliphatic heterocycles. The van der Waals surface area contributed by atoms with Gasteiger partial charge in [0.25, 0.3) is 11.8 Å². The fourth-order valence-electron chi connectivity index (χ4n) is 3.63. The Bertz CT molecular complexity index is 1250.